The molecule has 7 heteroatoms. The summed E-state index contributed by atoms with van der Waals surface area (Å²) < 4.78 is 0. The van der Waals surface area contributed by atoms with Crippen LogP contribution >= 0.6 is 11.3 Å². The van der Waals surface area contributed by atoms with Crippen LogP contribution in [-0.2, 0) is 4.79 Å². The molecule has 0 saturated heterocycles. The highest BCUT2D eigenvalue weighted by atomic mass is 32.1. The van der Waals surface area contributed by atoms with Crippen molar-refractivity contribution in [1.82, 2.24) is 10.3 Å². The van der Waals surface area contributed by atoms with Gasteiger partial charge in [-0.15, -0.1) is 11.3 Å². The Hall–Kier alpha value is -2.41. The molecule has 2 aromatic rings. The fourth-order valence-electron chi connectivity index (χ4n) is 1.72. The van der Waals surface area contributed by atoms with E-state index in [1.165, 1.54) is 11.3 Å². The van der Waals surface area contributed by atoms with E-state index in [0.717, 1.165) is 10.6 Å². The molecule has 1 heterocycles. The lowest BCUT2D eigenvalue weighted by Gasteiger charge is -2.14. The summed E-state index contributed by atoms with van der Waals surface area (Å²) >= 11 is 1.34. The van der Waals surface area contributed by atoms with Crippen molar-refractivity contribution in [2.45, 2.75) is 19.9 Å². The van der Waals surface area contributed by atoms with E-state index in [1.807, 2.05) is 13.8 Å². The number of carbonyl (C=O) groups is 2. The molecule has 1 atom stereocenters. The Morgan fingerprint density at radius 3 is 2.43 bits per heavy atom. The number of rotatable bonds is 4. The van der Waals surface area contributed by atoms with Crippen molar-refractivity contribution in [3.63, 3.8) is 0 Å². The van der Waals surface area contributed by atoms with Crippen molar-refractivity contribution in [1.29, 1.82) is 0 Å². The predicted molar refractivity (Wildman–Crippen MR) is 80.6 cm³/mol. The van der Waals surface area contributed by atoms with E-state index in [-0.39, 0.29) is 0 Å². The molecule has 0 unspecified atom stereocenters. The topological polar surface area (TPSA) is 91.3 Å². The lowest BCUT2D eigenvalue weighted by atomic mass is 10.1. The number of hydrogen-bond acceptors (Lipinski definition) is 4. The monoisotopic (exact) mass is 305 g/mol. The third kappa shape index (κ3) is 3.79. The summed E-state index contributed by atoms with van der Waals surface area (Å²) in [5.41, 5.74) is 1.35. The lowest BCUT2D eigenvalue weighted by molar-refractivity contribution is -0.139. The predicted octanol–water partition coefficient (Wildman–Crippen LogP) is 2.71. The third-order valence-corrected chi connectivity index (χ3v) is 3.89. The minimum Gasteiger partial charge on any atom is -0.479 e. The van der Waals surface area contributed by atoms with Crippen LogP contribution in [0.15, 0.2) is 30.3 Å². The average Bonchev–Trinajstić information content (AvgIpc) is 2.75. The molecule has 0 aliphatic heterocycles. The number of nitrogens with one attached hydrogen (secondary N) is 2. The first-order valence-corrected chi connectivity index (χ1v) is 7.08. The largest absolute Gasteiger partial charge is 0.479 e. The maximum atomic E-state index is 11.9. The molecule has 0 saturated carbocycles. The van der Waals surface area contributed by atoms with Crippen LogP contribution in [0.5, 0.6) is 0 Å². The van der Waals surface area contributed by atoms with Gasteiger partial charge in [0, 0.05) is 4.88 Å². The van der Waals surface area contributed by atoms with Crippen molar-refractivity contribution in [3.05, 3.63) is 46.5 Å². The van der Waals surface area contributed by atoms with E-state index in [0.29, 0.717) is 10.7 Å². The van der Waals surface area contributed by atoms with E-state index in [1.54, 1.807) is 30.3 Å². The van der Waals surface area contributed by atoms with Crippen LogP contribution in [0.3, 0.4) is 0 Å². The Kier molecular flexibility index (Phi) is 4.54. The highest BCUT2D eigenvalue weighted by Crippen LogP contribution is 2.21. The molecule has 110 valence electrons. The molecule has 6 nitrogen and oxygen atoms in total. The lowest BCUT2D eigenvalue weighted by Crippen LogP contribution is -2.36. The van der Waals surface area contributed by atoms with Gasteiger partial charge in [-0.25, -0.2) is 14.6 Å². The molecule has 1 aromatic carbocycles. The number of aromatic nitrogens is 1. The quantitative estimate of drug-likeness (QED) is 0.810. The van der Waals surface area contributed by atoms with Gasteiger partial charge in [0.25, 0.3) is 0 Å². The fraction of sp³-hybridized carbons (Fsp3) is 0.214. The van der Waals surface area contributed by atoms with Crippen LogP contribution in [0.4, 0.5) is 9.93 Å². The minimum absolute atomic E-state index is 0.444. The first-order chi connectivity index (χ1) is 9.97. The molecule has 1 aromatic heterocycles. The van der Waals surface area contributed by atoms with Crippen molar-refractivity contribution in [3.8, 4) is 0 Å². The summed E-state index contributed by atoms with van der Waals surface area (Å²) in [6.45, 7) is 3.75. The molecule has 0 aliphatic rings. The maximum Gasteiger partial charge on any atom is 0.330 e. The Labute approximate surface area is 125 Å². The summed E-state index contributed by atoms with van der Waals surface area (Å²) in [7, 11) is 0. The number of aliphatic carboxylic acids is 1. The van der Waals surface area contributed by atoms with Gasteiger partial charge in [0.05, 0.1) is 5.69 Å². The van der Waals surface area contributed by atoms with Gasteiger partial charge < -0.3 is 10.4 Å². The van der Waals surface area contributed by atoms with Crippen molar-refractivity contribution in [2.24, 2.45) is 0 Å². The van der Waals surface area contributed by atoms with E-state index in [4.69, 9.17) is 0 Å². The highest BCUT2D eigenvalue weighted by molar-refractivity contribution is 7.15. The molecule has 0 spiro atoms. The van der Waals surface area contributed by atoms with Gasteiger partial charge >= 0.3 is 12.0 Å². The van der Waals surface area contributed by atoms with Gasteiger partial charge in [-0.3, -0.25) is 5.32 Å². The zero-order valence-corrected chi connectivity index (χ0v) is 12.4. The summed E-state index contributed by atoms with van der Waals surface area (Å²) in [5, 5.41) is 14.7. The normalized spacial score (nSPS) is 11.7. The first kappa shape index (κ1) is 15.0. The van der Waals surface area contributed by atoms with E-state index >= 15 is 0 Å². The number of nitrogens with zero attached hydrogens (tertiary/aromatic N) is 1. The number of urea groups is 1. The summed E-state index contributed by atoms with van der Waals surface area (Å²) in [5.74, 6) is -1.12. The maximum absolute atomic E-state index is 11.9. The zero-order chi connectivity index (χ0) is 15.4. The average molecular weight is 305 g/mol. The van der Waals surface area contributed by atoms with Crippen LogP contribution in [0.25, 0.3) is 0 Å². The molecule has 0 bridgehead atoms. The van der Waals surface area contributed by atoms with Crippen molar-refractivity contribution in [2.75, 3.05) is 5.32 Å². The number of anilines is 1. The molecule has 21 heavy (non-hydrogen) atoms. The van der Waals surface area contributed by atoms with Crippen LogP contribution < -0.4 is 10.6 Å². The number of thiazole rings is 1. The van der Waals surface area contributed by atoms with Gasteiger partial charge in [-0.2, -0.15) is 0 Å². The summed E-state index contributed by atoms with van der Waals surface area (Å²) in [6, 6.07) is 6.82. The van der Waals surface area contributed by atoms with Crippen LogP contribution in [0, 0.1) is 13.8 Å². The number of carboxylic acids is 1. The molecule has 3 N–H and O–H groups in total. The Morgan fingerprint density at radius 2 is 1.90 bits per heavy atom. The molecule has 0 fully saturated rings. The SMILES string of the molecule is Cc1nc(NC(=O)N[C@H](C(=O)O)c2ccccc2)sc1C. The van der Waals surface area contributed by atoms with Crippen molar-refractivity contribution < 1.29 is 14.7 Å². The van der Waals surface area contributed by atoms with E-state index < -0.39 is 18.0 Å². The first-order valence-electron chi connectivity index (χ1n) is 6.26. The second-order valence-corrected chi connectivity index (χ2v) is 5.64. The number of benzene rings is 1. The van der Waals surface area contributed by atoms with Gasteiger partial charge in [0.1, 0.15) is 0 Å². The minimum atomic E-state index is -1.12. The molecular formula is C14H15N3O3S. The van der Waals surface area contributed by atoms with Gasteiger partial charge in [-0.05, 0) is 19.4 Å². The van der Waals surface area contributed by atoms with Crippen LogP contribution in [0.1, 0.15) is 22.2 Å². The number of carbonyl (C=O) groups excluding carboxylic acids is 1. The fourth-order valence-corrected chi connectivity index (χ4v) is 2.53. The molecular weight excluding hydrogens is 290 g/mol. The standard InChI is InChI=1S/C14H15N3O3S/c1-8-9(2)21-14(15-8)17-13(20)16-11(12(18)19)10-6-4-3-5-7-10/h3-7,11H,1-2H3,(H,18,19)(H2,15,16,17,20)/t11-/m0/s1. The molecule has 0 radical (unpaired) electrons. The number of hydrogen-bond donors (Lipinski definition) is 3. The number of carboxylic acid groups (broad SMARTS) is 1. The van der Waals surface area contributed by atoms with E-state index in [9.17, 15) is 14.7 Å². The third-order valence-electron chi connectivity index (χ3n) is 2.90. The zero-order valence-electron chi connectivity index (χ0n) is 11.6. The Morgan fingerprint density at radius 1 is 1.24 bits per heavy atom. The second-order valence-electron chi connectivity index (χ2n) is 4.44. The molecule has 2 amide bonds. The number of aryl methyl sites for hydroxylation is 2. The van der Waals surface area contributed by atoms with E-state index in [2.05, 4.69) is 15.6 Å². The smallest absolute Gasteiger partial charge is 0.330 e. The second kappa shape index (κ2) is 6.36. The highest BCUT2D eigenvalue weighted by Gasteiger charge is 2.22. The Balaban J connectivity index is 2.07. The van der Waals surface area contributed by atoms with Crippen molar-refractivity contribution >= 4 is 28.5 Å². The van der Waals surface area contributed by atoms with Gasteiger partial charge in [0.15, 0.2) is 11.2 Å². The van der Waals surface area contributed by atoms with Crippen LogP contribution in [0.2, 0.25) is 0 Å². The Bertz CT molecular complexity index is 635. The van der Waals surface area contributed by atoms with Gasteiger partial charge in [-0.1, -0.05) is 30.3 Å². The molecule has 2 rings (SSSR count). The van der Waals surface area contributed by atoms with Gasteiger partial charge in [0.2, 0.25) is 0 Å². The summed E-state index contributed by atoms with van der Waals surface area (Å²) in [6.07, 6.45) is 0. The van der Waals surface area contributed by atoms with Crippen LogP contribution in [-0.4, -0.2) is 22.1 Å². The molecule has 0 aliphatic carbocycles. The number of amides is 2. The summed E-state index contributed by atoms with van der Waals surface area (Å²) in [4.78, 5) is 28.4.